The Hall–Kier alpha value is -3.46. The summed E-state index contributed by atoms with van der Waals surface area (Å²) in [5.74, 6) is -1.94. The predicted octanol–water partition coefficient (Wildman–Crippen LogP) is 2.55. The highest BCUT2D eigenvalue weighted by molar-refractivity contribution is 6.34. The van der Waals surface area contributed by atoms with Gasteiger partial charge in [0.1, 0.15) is 6.54 Å². The number of esters is 1. The molecule has 146 valence electrons. The number of nitrogens with zero attached hydrogens (tertiary/aromatic N) is 1. The van der Waals surface area contributed by atoms with Gasteiger partial charge in [-0.3, -0.25) is 24.5 Å². The number of non-ortho nitro benzene ring substituents is 1. The molecule has 1 atom stereocenters. The Bertz CT molecular complexity index is 903. The van der Waals surface area contributed by atoms with Crippen LogP contribution in [0.25, 0.3) is 0 Å². The van der Waals surface area contributed by atoms with Gasteiger partial charge in [0.2, 0.25) is 0 Å². The van der Waals surface area contributed by atoms with Gasteiger partial charge in [-0.1, -0.05) is 29.8 Å². The van der Waals surface area contributed by atoms with Crippen LogP contribution in [0.15, 0.2) is 48.5 Å². The minimum Gasteiger partial charge on any atom is -0.451 e. The van der Waals surface area contributed by atoms with E-state index in [1.807, 2.05) is 0 Å². The van der Waals surface area contributed by atoms with Crippen molar-refractivity contribution in [1.29, 1.82) is 0 Å². The second kappa shape index (κ2) is 9.47. The van der Waals surface area contributed by atoms with Crippen molar-refractivity contribution in [2.75, 3.05) is 11.9 Å². The quantitative estimate of drug-likeness (QED) is 0.414. The number of amides is 2. The number of nitrogens with one attached hydrogen (secondary N) is 2. The van der Waals surface area contributed by atoms with Crippen LogP contribution in [0.2, 0.25) is 5.02 Å². The number of carbonyl (C=O) groups excluding carboxylic acids is 3. The maximum Gasteiger partial charge on any atom is 0.326 e. The first-order valence-corrected chi connectivity index (χ1v) is 8.43. The molecule has 2 N–H and O–H groups in total. The summed E-state index contributed by atoms with van der Waals surface area (Å²) in [6.07, 6.45) is -1.17. The zero-order valence-corrected chi connectivity index (χ0v) is 15.4. The lowest BCUT2D eigenvalue weighted by Gasteiger charge is -2.14. The van der Waals surface area contributed by atoms with E-state index < -0.39 is 35.4 Å². The molecule has 0 fully saturated rings. The van der Waals surface area contributed by atoms with Gasteiger partial charge >= 0.3 is 5.97 Å². The molecule has 0 radical (unpaired) electrons. The summed E-state index contributed by atoms with van der Waals surface area (Å²) in [5.41, 5.74) is 0.295. The third kappa shape index (κ3) is 5.78. The van der Waals surface area contributed by atoms with E-state index in [2.05, 4.69) is 10.6 Å². The largest absolute Gasteiger partial charge is 0.451 e. The van der Waals surface area contributed by atoms with Crippen LogP contribution in [0.3, 0.4) is 0 Å². The molecule has 0 unspecified atom stereocenters. The first-order chi connectivity index (χ1) is 13.3. The van der Waals surface area contributed by atoms with Crippen molar-refractivity contribution in [3.8, 4) is 0 Å². The van der Waals surface area contributed by atoms with Crippen LogP contribution in [-0.2, 0) is 14.3 Å². The molecule has 0 heterocycles. The zero-order chi connectivity index (χ0) is 20.7. The van der Waals surface area contributed by atoms with Crippen LogP contribution >= 0.6 is 11.6 Å². The third-order valence-electron chi connectivity index (χ3n) is 3.53. The Kier molecular flexibility index (Phi) is 7.05. The van der Waals surface area contributed by atoms with Crippen molar-refractivity contribution in [1.82, 2.24) is 5.32 Å². The molecule has 2 aromatic rings. The van der Waals surface area contributed by atoms with E-state index in [0.717, 1.165) is 6.07 Å². The number of nitro benzene ring substituents is 1. The average Bonchev–Trinajstić information content (AvgIpc) is 2.68. The smallest absolute Gasteiger partial charge is 0.326 e. The van der Waals surface area contributed by atoms with Crippen LogP contribution in [-0.4, -0.2) is 35.4 Å². The number of hydrogen-bond acceptors (Lipinski definition) is 6. The van der Waals surface area contributed by atoms with Crippen molar-refractivity contribution in [2.45, 2.75) is 13.0 Å². The standard InChI is InChI=1S/C18H16ClN3O6/c1-11(17(24)21-15-8-7-13(22(26)27)9-14(15)19)28-16(23)10-20-18(25)12-5-3-2-4-6-12/h2-9,11H,10H2,1H3,(H,20,25)(H,21,24)/t11-/m1/s1. The SMILES string of the molecule is C[C@@H](OC(=O)CNC(=O)c1ccccc1)C(=O)Nc1ccc([N+](=O)[O-])cc1Cl. The van der Waals surface area contributed by atoms with Gasteiger partial charge in [0.25, 0.3) is 17.5 Å². The summed E-state index contributed by atoms with van der Waals surface area (Å²) >= 11 is 5.90. The normalized spacial score (nSPS) is 11.2. The molecule has 0 aliphatic carbocycles. The van der Waals surface area contributed by atoms with Gasteiger partial charge in [-0.15, -0.1) is 0 Å². The monoisotopic (exact) mass is 405 g/mol. The Morgan fingerprint density at radius 2 is 1.86 bits per heavy atom. The molecule has 0 bridgehead atoms. The van der Waals surface area contributed by atoms with Gasteiger partial charge in [0.15, 0.2) is 6.10 Å². The second-order valence-corrected chi connectivity index (χ2v) is 6.00. The molecule has 0 saturated heterocycles. The Balaban J connectivity index is 1.85. The maximum atomic E-state index is 12.1. The van der Waals surface area contributed by atoms with Crippen LogP contribution in [0, 0.1) is 10.1 Å². The minimum atomic E-state index is -1.17. The molecule has 0 aliphatic rings. The van der Waals surface area contributed by atoms with Gasteiger partial charge in [0.05, 0.1) is 15.6 Å². The minimum absolute atomic E-state index is 0.0313. The summed E-state index contributed by atoms with van der Waals surface area (Å²) in [5, 5.41) is 15.5. The molecule has 2 aromatic carbocycles. The molecule has 9 nitrogen and oxygen atoms in total. The van der Waals surface area contributed by atoms with Crippen molar-refractivity contribution in [3.63, 3.8) is 0 Å². The molecule has 2 amide bonds. The number of anilines is 1. The summed E-state index contributed by atoms with van der Waals surface area (Å²) in [7, 11) is 0. The predicted molar refractivity (Wildman–Crippen MR) is 101 cm³/mol. The van der Waals surface area contributed by atoms with Crippen LogP contribution < -0.4 is 10.6 Å². The average molecular weight is 406 g/mol. The molecule has 28 heavy (non-hydrogen) atoms. The third-order valence-corrected chi connectivity index (χ3v) is 3.84. The fourth-order valence-corrected chi connectivity index (χ4v) is 2.31. The molecule has 10 heteroatoms. The highest BCUT2D eigenvalue weighted by Crippen LogP contribution is 2.26. The maximum absolute atomic E-state index is 12.1. The molecular formula is C18H16ClN3O6. The Labute approximate surface area is 164 Å². The van der Waals surface area contributed by atoms with E-state index in [9.17, 15) is 24.5 Å². The number of carbonyl (C=O) groups is 3. The van der Waals surface area contributed by atoms with Crippen molar-refractivity contribution >= 4 is 40.8 Å². The van der Waals surface area contributed by atoms with E-state index in [-0.39, 0.29) is 16.4 Å². The van der Waals surface area contributed by atoms with Gasteiger partial charge in [0, 0.05) is 17.7 Å². The highest BCUT2D eigenvalue weighted by Gasteiger charge is 2.20. The van der Waals surface area contributed by atoms with Crippen LogP contribution in [0.1, 0.15) is 17.3 Å². The van der Waals surface area contributed by atoms with Crippen molar-refractivity contribution < 1.29 is 24.0 Å². The number of benzene rings is 2. The van der Waals surface area contributed by atoms with Crippen LogP contribution in [0.5, 0.6) is 0 Å². The summed E-state index contributed by atoms with van der Waals surface area (Å²) in [6, 6.07) is 11.8. The van der Waals surface area contributed by atoms with Crippen molar-refractivity contribution in [3.05, 3.63) is 69.2 Å². The number of halogens is 1. The van der Waals surface area contributed by atoms with E-state index in [1.54, 1.807) is 30.3 Å². The summed E-state index contributed by atoms with van der Waals surface area (Å²) in [4.78, 5) is 45.9. The van der Waals surface area contributed by atoms with E-state index in [0.29, 0.717) is 5.56 Å². The molecule has 0 saturated carbocycles. The molecule has 0 aromatic heterocycles. The Morgan fingerprint density at radius 3 is 2.46 bits per heavy atom. The summed E-state index contributed by atoms with van der Waals surface area (Å²) < 4.78 is 4.96. The van der Waals surface area contributed by atoms with Crippen molar-refractivity contribution in [2.24, 2.45) is 0 Å². The van der Waals surface area contributed by atoms with E-state index >= 15 is 0 Å². The molecule has 2 rings (SSSR count). The number of rotatable bonds is 7. The Morgan fingerprint density at radius 1 is 1.18 bits per heavy atom. The van der Waals surface area contributed by atoms with E-state index in [1.165, 1.54) is 19.1 Å². The summed E-state index contributed by atoms with van der Waals surface area (Å²) in [6.45, 7) is 0.926. The number of nitro groups is 1. The van der Waals surface area contributed by atoms with Gasteiger partial charge in [-0.2, -0.15) is 0 Å². The second-order valence-electron chi connectivity index (χ2n) is 5.59. The number of ether oxygens (including phenoxy) is 1. The van der Waals surface area contributed by atoms with Crippen LogP contribution in [0.4, 0.5) is 11.4 Å². The first-order valence-electron chi connectivity index (χ1n) is 8.05. The first kappa shape index (κ1) is 20.8. The molecular weight excluding hydrogens is 390 g/mol. The fraction of sp³-hybridized carbons (Fsp3) is 0.167. The molecule has 0 aliphatic heterocycles. The molecule has 0 spiro atoms. The lowest BCUT2D eigenvalue weighted by atomic mass is 10.2. The number of hydrogen-bond donors (Lipinski definition) is 2. The lowest BCUT2D eigenvalue weighted by molar-refractivity contribution is -0.384. The zero-order valence-electron chi connectivity index (χ0n) is 14.7. The van der Waals surface area contributed by atoms with Gasteiger partial charge < -0.3 is 15.4 Å². The van der Waals surface area contributed by atoms with E-state index in [4.69, 9.17) is 16.3 Å². The van der Waals surface area contributed by atoms with Gasteiger partial charge in [-0.05, 0) is 25.1 Å². The fourth-order valence-electron chi connectivity index (χ4n) is 2.09. The highest BCUT2D eigenvalue weighted by atomic mass is 35.5. The topological polar surface area (TPSA) is 128 Å². The lowest BCUT2D eigenvalue weighted by Crippen LogP contribution is -2.35. The van der Waals surface area contributed by atoms with Gasteiger partial charge in [-0.25, -0.2) is 0 Å².